The lowest BCUT2D eigenvalue weighted by Gasteiger charge is -2.11. The van der Waals surface area contributed by atoms with E-state index in [0.29, 0.717) is 30.8 Å². The van der Waals surface area contributed by atoms with E-state index in [9.17, 15) is 9.59 Å². The van der Waals surface area contributed by atoms with Crippen molar-refractivity contribution < 1.29 is 14.3 Å². The van der Waals surface area contributed by atoms with Crippen molar-refractivity contribution in [3.05, 3.63) is 29.8 Å². The lowest BCUT2D eigenvalue weighted by atomic mass is 10.1. The van der Waals surface area contributed by atoms with Crippen molar-refractivity contribution >= 4 is 34.8 Å². The molecule has 0 fully saturated rings. The molecule has 0 unspecified atom stereocenters. The van der Waals surface area contributed by atoms with Crippen molar-refractivity contribution in [2.24, 2.45) is 0 Å². The standard InChI is InChI=1S/C20H31N3O3S/c1-3-4-5-6-7-12-18(24)23-20(27)22-17-11-8-10-16(15-17)19(25)21-13-9-14-26-2/h8,10-11,15H,3-7,9,12-14H2,1-2H3,(H,21,25)(H2,22,23,24,27). The summed E-state index contributed by atoms with van der Waals surface area (Å²) in [6.45, 7) is 3.32. The molecule has 7 heteroatoms. The van der Waals surface area contributed by atoms with E-state index in [1.165, 1.54) is 12.8 Å². The van der Waals surface area contributed by atoms with Crippen LogP contribution in [0.4, 0.5) is 5.69 Å². The summed E-state index contributed by atoms with van der Waals surface area (Å²) < 4.78 is 4.96. The second-order valence-electron chi connectivity index (χ2n) is 6.35. The number of nitrogens with one attached hydrogen (secondary N) is 3. The molecule has 3 N–H and O–H groups in total. The fraction of sp³-hybridized carbons (Fsp3) is 0.550. The van der Waals surface area contributed by atoms with Crippen molar-refractivity contribution in [3.63, 3.8) is 0 Å². The molecule has 0 heterocycles. The summed E-state index contributed by atoms with van der Waals surface area (Å²) in [6.07, 6.45) is 6.70. The predicted molar refractivity (Wildman–Crippen MR) is 113 cm³/mol. The van der Waals surface area contributed by atoms with E-state index < -0.39 is 0 Å². The number of benzene rings is 1. The SMILES string of the molecule is CCCCCCCC(=O)NC(=S)Nc1cccc(C(=O)NCCCOC)c1. The smallest absolute Gasteiger partial charge is 0.251 e. The quantitative estimate of drug-likeness (QED) is 0.373. The van der Waals surface area contributed by atoms with Crippen LogP contribution in [0.1, 0.15) is 62.2 Å². The van der Waals surface area contributed by atoms with Gasteiger partial charge in [0.05, 0.1) is 0 Å². The van der Waals surface area contributed by atoms with E-state index in [1.54, 1.807) is 31.4 Å². The van der Waals surface area contributed by atoms with Crippen LogP contribution < -0.4 is 16.0 Å². The Bertz CT molecular complexity index is 608. The van der Waals surface area contributed by atoms with Gasteiger partial charge in [-0.25, -0.2) is 0 Å². The molecule has 6 nitrogen and oxygen atoms in total. The number of amides is 2. The average molecular weight is 394 g/mol. The number of thiocarbonyl (C=S) groups is 1. The van der Waals surface area contributed by atoms with Gasteiger partial charge in [-0.2, -0.15) is 0 Å². The third-order valence-electron chi connectivity index (χ3n) is 3.95. The molecule has 2 amide bonds. The van der Waals surface area contributed by atoms with E-state index in [2.05, 4.69) is 22.9 Å². The Morgan fingerprint density at radius 1 is 1.11 bits per heavy atom. The lowest BCUT2D eigenvalue weighted by Crippen LogP contribution is -2.34. The summed E-state index contributed by atoms with van der Waals surface area (Å²) in [6, 6.07) is 7.00. The highest BCUT2D eigenvalue weighted by molar-refractivity contribution is 7.80. The van der Waals surface area contributed by atoms with E-state index in [1.807, 2.05) is 0 Å². The van der Waals surface area contributed by atoms with Gasteiger partial charge in [0.15, 0.2) is 5.11 Å². The van der Waals surface area contributed by atoms with Crippen molar-refractivity contribution in [1.29, 1.82) is 0 Å². The number of carbonyl (C=O) groups excluding carboxylic acids is 2. The van der Waals surface area contributed by atoms with Crippen LogP contribution in [0.15, 0.2) is 24.3 Å². The zero-order valence-corrected chi connectivity index (χ0v) is 17.1. The Hall–Kier alpha value is -1.99. The largest absolute Gasteiger partial charge is 0.385 e. The van der Waals surface area contributed by atoms with Gasteiger partial charge in [0, 0.05) is 37.9 Å². The van der Waals surface area contributed by atoms with Gasteiger partial charge in [-0.3, -0.25) is 9.59 Å². The second kappa shape index (κ2) is 14.1. The molecule has 0 saturated heterocycles. The van der Waals surface area contributed by atoms with Crippen LogP contribution in [0.3, 0.4) is 0 Å². The molecule has 0 bridgehead atoms. The molecule has 0 aliphatic heterocycles. The highest BCUT2D eigenvalue weighted by atomic mass is 32.1. The van der Waals surface area contributed by atoms with Crippen molar-refractivity contribution in [1.82, 2.24) is 10.6 Å². The van der Waals surface area contributed by atoms with Crippen LogP contribution in [0.25, 0.3) is 0 Å². The predicted octanol–water partition coefficient (Wildman–Crippen LogP) is 3.63. The van der Waals surface area contributed by atoms with Crippen LogP contribution in [-0.2, 0) is 9.53 Å². The molecule has 0 aliphatic rings. The summed E-state index contributed by atoms with van der Waals surface area (Å²) in [5, 5.41) is 8.71. The Balaban J connectivity index is 2.39. The number of anilines is 1. The maximum Gasteiger partial charge on any atom is 0.251 e. The first-order chi connectivity index (χ1) is 13.1. The van der Waals surface area contributed by atoms with Crippen molar-refractivity contribution in [3.8, 4) is 0 Å². The zero-order valence-electron chi connectivity index (χ0n) is 16.3. The molecule has 0 aromatic heterocycles. The Morgan fingerprint density at radius 3 is 2.63 bits per heavy atom. The number of carbonyl (C=O) groups is 2. The monoisotopic (exact) mass is 393 g/mol. The fourth-order valence-electron chi connectivity index (χ4n) is 2.50. The van der Waals surface area contributed by atoms with Crippen molar-refractivity contribution in [2.45, 2.75) is 51.9 Å². The van der Waals surface area contributed by atoms with Gasteiger partial charge in [-0.05, 0) is 43.3 Å². The number of unbranched alkanes of at least 4 members (excludes halogenated alkanes) is 4. The van der Waals surface area contributed by atoms with E-state index >= 15 is 0 Å². The van der Waals surface area contributed by atoms with Gasteiger partial charge < -0.3 is 20.7 Å². The van der Waals surface area contributed by atoms with Gasteiger partial charge >= 0.3 is 0 Å². The minimum atomic E-state index is -0.156. The first-order valence-electron chi connectivity index (χ1n) is 9.54. The number of ether oxygens (including phenoxy) is 1. The van der Waals surface area contributed by atoms with E-state index in [4.69, 9.17) is 17.0 Å². The van der Waals surface area contributed by atoms with Crippen LogP contribution in [0.2, 0.25) is 0 Å². The van der Waals surface area contributed by atoms with Crippen LogP contribution in [-0.4, -0.2) is 37.2 Å². The summed E-state index contributed by atoms with van der Waals surface area (Å²) in [5.74, 6) is -0.243. The highest BCUT2D eigenvalue weighted by Crippen LogP contribution is 2.11. The topological polar surface area (TPSA) is 79.5 Å². The molecule has 0 spiro atoms. The fourth-order valence-corrected chi connectivity index (χ4v) is 2.73. The Labute approximate surface area is 167 Å². The molecule has 0 saturated carbocycles. The molecule has 27 heavy (non-hydrogen) atoms. The summed E-state index contributed by atoms with van der Waals surface area (Å²) in [4.78, 5) is 24.0. The van der Waals surface area contributed by atoms with Gasteiger partial charge in [0.25, 0.3) is 5.91 Å². The summed E-state index contributed by atoms with van der Waals surface area (Å²) in [5.41, 5.74) is 1.19. The van der Waals surface area contributed by atoms with Gasteiger partial charge in [0.2, 0.25) is 5.91 Å². The number of methoxy groups -OCH3 is 1. The normalized spacial score (nSPS) is 10.3. The first-order valence-corrected chi connectivity index (χ1v) is 9.95. The van der Waals surface area contributed by atoms with Crippen molar-refractivity contribution in [2.75, 3.05) is 25.6 Å². The average Bonchev–Trinajstić information content (AvgIpc) is 2.65. The van der Waals surface area contributed by atoms with Crippen LogP contribution in [0.5, 0.6) is 0 Å². The van der Waals surface area contributed by atoms with Gasteiger partial charge in [-0.15, -0.1) is 0 Å². The lowest BCUT2D eigenvalue weighted by molar-refractivity contribution is -0.119. The number of rotatable bonds is 12. The van der Waals surface area contributed by atoms with Gasteiger partial charge in [-0.1, -0.05) is 38.7 Å². The van der Waals surface area contributed by atoms with Crippen LogP contribution in [0, 0.1) is 0 Å². The summed E-state index contributed by atoms with van der Waals surface area (Å²) >= 11 is 5.18. The molecule has 1 aromatic rings. The van der Waals surface area contributed by atoms with E-state index in [0.717, 1.165) is 25.7 Å². The molecule has 150 valence electrons. The zero-order chi connectivity index (χ0) is 19.9. The Kier molecular flexibility index (Phi) is 12.1. The minimum absolute atomic E-state index is 0.0870. The summed E-state index contributed by atoms with van der Waals surface area (Å²) in [7, 11) is 1.63. The number of hydrogen-bond acceptors (Lipinski definition) is 4. The maximum absolute atomic E-state index is 12.1. The third-order valence-corrected chi connectivity index (χ3v) is 4.16. The Morgan fingerprint density at radius 2 is 1.89 bits per heavy atom. The number of hydrogen-bond donors (Lipinski definition) is 3. The third kappa shape index (κ3) is 10.7. The molecule has 1 aromatic carbocycles. The minimum Gasteiger partial charge on any atom is -0.385 e. The molecular weight excluding hydrogens is 362 g/mol. The molecule has 0 aliphatic carbocycles. The first kappa shape index (κ1) is 23.0. The van der Waals surface area contributed by atoms with E-state index in [-0.39, 0.29) is 16.9 Å². The molecule has 1 rings (SSSR count). The molecule has 0 radical (unpaired) electrons. The second-order valence-corrected chi connectivity index (χ2v) is 6.76. The molecular formula is C20H31N3O3S. The maximum atomic E-state index is 12.1. The van der Waals surface area contributed by atoms with Gasteiger partial charge in [0.1, 0.15) is 0 Å². The van der Waals surface area contributed by atoms with Crippen LogP contribution >= 0.6 is 12.2 Å². The molecule has 0 atom stereocenters. The highest BCUT2D eigenvalue weighted by Gasteiger charge is 2.08.